The van der Waals surface area contributed by atoms with Gasteiger partial charge >= 0.3 is 0 Å². The summed E-state index contributed by atoms with van der Waals surface area (Å²) >= 11 is 0. The van der Waals surface area contributed by atoms with Crippen LogP contribution in [0.25, 0.3) is 0 Å². The highest BCUT2D eigenvalue weighted by atomic mass is 16.3. The molecule has 0 bridgehead atoms. The number of nitrogens with two attached hydrogens (primary N) is 1. The number of rotatable bonds is 4. The van der Waals surface area contributed by atoms with Crippen molar-refractivity contribution in [3.05, 3.63) is 35.4 Å². The lowest BCUT2D eigenvalue weighted by molar-refractivity contribution is 0.276. The minimum absolute atomic E-state index is 0.0267. The van der Waals surface area contributed by atoms with Gasteiger partial charge in [-0.3, -0.25) is 0 Å². The third-order valence-electron chi connectivity index (χ3n) is 2.28. The minimum Gasteiger partial charge on any atom is -0.396 e. The summed E-state index contributed by atoms with van der Waals surface area (Å²) in [5, 5.41) is 8.78. The van der Waals surface area contributed by atoms with Crippen LogP contribution in [-0.2, 0) is 6.42 Å². The molecule has 0 amide bonds. The molecular weight excluding hydrogens is 162 g/mol. The molecule has 2 heteroatoms. The molecule has 2 nitrogen and oxygen atoms in total. The van der Waals surface area contributed by atoms with Gasteiger partial charge in [-0.05, 0) is 24.0 Å². The van der Waals surface area contributed by atoms with Gasteiger partial charge in [0, 0.05) is 12.6 Å². The lowest BCUT2D eigenvalue weighted by Gasteiger charge is -2.14. The molecule has 0 saturated carbocycles. The number of aliphatic hydroxyl groups is 1. The van der Waals surface area contributed by atoms with E-state index in [-0.39, 0.29) is 12.6 Å². The first-order valence-electron chi connectivity index (χ1n) is 4.73. The van der Waals surface area contributed by atoms with Crippen LogP contribution in [0.4, 0.5) is 0 Å². The van der Waals surface area contributed by atoms with Crippen molar-refractivity contribution in [3.8, 4) is 0 Å². The molecule has 0 aliphatic rings. The summed E-state index contributed by atoms with van der Waals surface area (Å²) in [6.45, 7) is 2.27. The van der Waals surface area contributed by atoms with E-state index in [1.165, 1.54) is 11.1 Å². The van der Waals surface area contributed by atoms with Crippen LogP contribution in [0.15, 0.2) is 24.3 Å². The Balaban J connectivity index is 2.85. The highest BCUT2D eigenvalue weighted by molar-refractivity contribution is 5.29. The number of benzene rings is 1. The predicted octanol–water partition coefficient (Wildman–Crippen LogP) is 1.63. The highest BCUT2D eigenvalue weighted by Crippen LogP contribution is 2.18. The summed E-state index contributed by atoms with van der Waals surface area (Å²) in [5.74, 6) is 0. The van der Waals surface area contributed by atoms with E-state index in [2.05, 4.69) is 13.0 Å². The minimum atomic E-state index is -0.0267. The molecule has 3 N–H and O–H groups in total. The van der Waals surface area contributed by atoms with Crippen LogP contribution in [-0.4, -0.2) is 11.7 Å². The van der Waals surface area contributed by atoms with Crippen molar-refractivity contribution < 1.29 is 5.11 Å². The number of aliphatic hydroxyl groups excluding tert-OH is 1. The van der Waals surface area contributed by atoms with Gasteiger partial charge in [-0.2, -0.15) is 0 Å². The second-order valence-electron chi connectivity index (χ2n) is 3.17. The van der Waals surface area contributed by atoms with E-state index in [0.717, 1.165) is 6.42 Å². The van der Waals surface area contributed by atoms with Crippen LogP contribution >= 0.6 is 0 Å². The molecule has 0 heterocycles. The normalized spacial score (nSPS) is 12.8. The van der Waals surface area contributed by atoms with Crippen molar-refractivity contribution in [2.75, 3.05) is 6.61 Å². The summed E-state index contributed by atoms with van der Waals surface area (Å²) < 4.78 is 0. The van der Waals surface area contributed by atoms with Gasteiger partial charge < -0.3 is 10.8 Å². The maximum atomic E-state index is 8.78. The molecule has 1 aromatic rings. The molecule has 1 atom stereocenters. The standard InChI is InChI=1S/C11H17NO/c1-2-9-5-3-4-6-10(9)11(12)7-8-13/h3-6,11,13H,2,7-8,12H2,1H3. The first-order chi connectivity index (χ1) is 6.29. The molecule has 1 aromatic carbocycles. The summed E-state index contributed by atoms with van der Waals surface area (Å²) in [7, 11) is 0. The fourth-order valence-corrected chi connectivity index (χ4v) is 1.51. The second kappa shape index (κ2) is 5.00. The lowest BCUT2D eigenvalue weighted by atomic mass is 9.97. The smallest absolute Gasteiger partial charge is 0.0449 e. The summed E-state index contributed by atoms with van der Waals surface area (Å²) in [4.78, 5) is 0. The Bertz CT molecular complexity index is 260. The molecule has 13 heavy (non-hydrogen) atoms. The SMILES string of the molecule is CCc1ccccc1C(N)CCO. The Morgan fingerprint density at radius 3 is 2.69 bits per heavy atom. The zero-order valence-electron chi connectivity index (χ0n) is 8.03. The molecule has 0 aromatic heterocycles. The number of hydrogen-bond donors (Lipinski definition) is 2. The quantitative estimate of drug-likeness (QED) is 0.738. The lowest BCUT2D eigenvalue weighted by Crippen LogP contribution is -2.13. The molecule has 0 aliphatic carbocycles. The van der Waals surface area contributed by atoms with Crippen molar-refractivity contribution in [2.45, 2.75) is 25.8 Å². The van der Waals surface area contributed by atoms with E-state index in [0.29, 0.717) is 6.42 Å². The van der Waals surface area contributed by atoms with E-state index in [9.17, 15) is 0 Å². The van der Waals surface area contributed by atoms with Gasteiger partial charge in [0.25, 0.3) is 0 Å². The van der Waals surface area contributed by atoms with Gasteiger partial charge in [0.15, 0.2) is 0 Å². The first kappa shape index (κ1) is 10.2. The average molecular weight is 179 g/mol. The van der Waals surface area contributed by atoms with E-state index in [1.54, 1.807) is 0 Å². The van der Waals surface area contributed by atoms with E-state index in [1.807, 2.05) is 18.2 Å². The van der Waals surface area contributed by atoms with Crippen LogP contribution in [0, 0.1) is 0 Å². The Labute approximate surface area is 79.4 Å². The zero-order chi connectivity index (χ0) is 9.68. The zero-order valence-corrected chi connectivity index (χ0v) is 8.03. The van der Waals surface area contributed by atoms with E-state index < -0.39 is 0 Å². The van der Waals surface area contributed by atoms with Gasteiger partial charge in [0.05, 0.1) is 0 Å². The molecule has 1 rings (SSSR count). The molecular formula is C11H17NO. The highest BCUT2D eigenvalue weighted by Gasteiger charge is 2.07. The van der Waals surface area contributed by atoms with Crippen molar-refractivity contribution in [1.82, 2.24) is 0 Å². The Hall–Kier alpha value is -0.860. The Morgan fingerprint density at radius 1 is 1.38 bits per heavy atom. The third kappa shape index (κ3) is 2.54. The molecule has 0 saturated heterocycles. The number of hydrogen-bond acceptors (Lipinski definition) is 2. The third-order valence-corrected chi connectivity index (χ3v) is 2.28. The maximum Gasteiger partial charge on any atom is 0.0449 e. The average Bonchev–Trinajstić information content (AvgIpc) is 2.18. The first-order valence-corrected chi connectivity index (χ1v) is 4.73. The fraction of sp³-hybridized carbons (Fsp3) is 0.455. The van der Waals surface area contributed by atoms with E-state index in [4.69, 9.17) is 10.8 Å². The second-order valence-corrected chi connectivity index (χ2v) is 3.17. The monoisotopic (exact) mass is 179 g/mol. The van der Waals surface area contributed by atoms with Crippen molar-refractivity contribution in [1.29, 1.82) is 0 Å². The van der Waals surface area contributed by atoms with Crippen molar-refractivity contribution >= 4 is 0 Å². The fourth-order valence-electron chi connectivity index (χ4n) is 1.51. The van der Waals surface area contributed by atoms with Crippen LogP contribution in [0.2, 0.25) is 0 Å². The molecule has 0 radical (unpaired) electrons. The van der Waals surface area contributed by atoms with Crippen LogP contribution in [0.1, 0.15) is 30.5 Å². The summed E-state index contributed by atoms with van der Waals surface area (Å²) in [6.07, 6.45) is 1.63. The summed E-state index contributed by atoms with van der Waals surface area (Å²) in [6, 6.07) is 8.12. The molecule has 1 unspecified atom stereocenters. The molecule has 72 valence electrons. The van der Waals surface area contributed by atoms with Gasteiger partial charge in [-0.25, -0.2) is 0 Å². The largest absolute Gasteiger partial charge is 0.396 e. The predicted molar refractivity (Wildman–Crippen MR) is 54.5 cm³/mol. The van der Waals surface area contributed by atoms with Crippen LogP contribution in [0.5, 0.6) is 0 Å². The van der Waals surface area contributed by atoms with Gasteiger partial charge in [0.2, 0.25) is 0 Å². The Kier molecular flexibility index (Phi) is 3.93. The van der Waals surface area contributed by atoms with Gasteiger partial charge in [0.1, 0.15) is 0 Å². The van der Waals surface area contributed by atoms with E-state index >= 15 is 0 Å². The Morgan fingerprint density at radius 2 is 2.08 bits per heavy atom. The van der Waals surface area contributed by atoms with Crippen LogP contribution < -0.4 is 5.73 Å². The molecule has 0 aliphatic heterocycles. The van der Waals surface area contributed by atoms with Crippen molar-refractivity contribution in [3.63, 3.8) is 0 Å². The van der Waals surface area contributed by atoms with Gasteiger partial charge in [-0.1, -0.05) is 31.2 Å². The van der Waals surface area contributed by atoms with Crippen molar-refractivity contribution in [2.24, 2.45) is 5.73 Å². The molecule has 0 spiro atoms. The van der Waals surface area contributed by atoms with Gasteiger partial charge in [-0.15, -0.1) is 0 Å². The number of aryl methyl sites for hydroxylation is 1. The topological polar surface area (TPSA) is 46.2 Å². The maximum absolute atomic E-state index is 8.78. The van der Waals surface area contributed by atoms with Crippen LogP contribution in [0.3, 0.4) is 0 Å². The molecule has 0 fully saturated rings. The summed E-state index contributed by atoms with van der Waals surface area (Å²) in [5.41, 5.74) is 8.37.